The summed E-state index contributed by atoms with van der Waals surface area (Å²) in [6.07, 6.45) is 3.60. The maximum Gasteiger partial charge on any atom is 0.171 e. The number of aromatic hydroxyl groups is 1. The lowest BCUT2D eigenvalue weighted by atomic mass is 9.80. The van der Waals surface area contributed by atoms with Gasteiger partial charge in [-0.25, -0.2) is 8.78 Å². The molecule has 30 heavy (non-hydrogen) atoms. The molecule has 0 aliphatic heterocycles. The zero-order valence-electron chi connectivity index (χ0n) is 17.1. The quantitative estimate of drug-likeness (QED) is 0.608. The van der Waals surface area contributed by atoms with Crippen molar-refractivity contribution in [1.82, 2.24) is 0 Å². The molecule has 2 aliphatic rings. The maximum atomic E-state index is 15.2. The third-order valence-corrected chi connectivity index (χ3v) is 6.62. The van der Waals surface area contributed by atoms with Gasteiger partial charge in [0.15, 0.2) is 23.1 Å². The van der Waals surface area contributed by atoms with Crippen LogP contribution in [0.25, 0.3) is 11.1 Å². The van der Waals surface area contributed by atoms with Gasteiger partial charge in [-0.1, -0.05) is 44.7 Å². The van der Waals surface area contributed by atoms with Crippen LogP contribution in [0, 0.1) is 23.5 Å². The summed E-state index contributed by atoms with van der Waals surface area (Å²) in [5, 5.41) is 30.5. The first-order valence-electron chi connectivity index (χ1n) is 10.7. The number of phenols is 1. The van der Waals surface area contributed by atoms with E-state index >= 15 is 4.39 Å². The molecule has 162 valence electrons. The van der Waals surface area contributed by atoms with Crippen LogP contribution in [0.1, 0.15) is 68.8 Å². The van der Waals surface area contributed by atoms with Gasteiger partial charge in [0, 0.05) is 11.1 Å². The van der Waals surface area contributed by atoms with Gasteiger partial charge in [-0.05, 0) is 47.9 Å². The SMILES string of the molecule is CCCC1CCC(COc2ccc3c(c2F)C(O)C(O)c2c-3ccc(O)c2F)CC1. The molecule has 2 unspecified atom stereocenters. The lowest BCUT2D eigenvalue weighted by Crippen LogP contribution is -2.22. The van der Waals surface area contributed by atoms with Gasteiger partial charge in [0.2, 0.25) is 0 Å². The lowest BCUT2D eigenvalue weighted by molar-refractivity contribution is 0.0109. The predicted molar refractivity (Wildman–Crippen MR) is 109 cm³/mol. The minimum absolute atomic E-state index is 0.0263. The highest BCUT2D eigenvalue weighted by Crippen LogP contribution is 2.49. The number of ether oxygens (including phenoxy) is 1. The highest BCUT2D eigenvalue weighted by atomic mass is 19.1. The Labute approximate surface area is 175 Å². The topological polar surface area (TPSA) is 69.9 Å². The molecule has 1 saturated carbocycles. The summed E-state index contributed by atoms with van der Waals surface area (Å²) in [6.45, 7) is 2.61. The summed E-state index contributed by atoms with van der Waals surface area (Å²) in [5.74, 6) is -1.19. The Balaban J connectivity index is 1.56. The fraction of sp³-hybridized carbons (Fsp3) is 0.500. The van der Waals surface area contributed by atoms with Crippen molar-refractivity contribution in [3.8, 4) is 22.6 Å². The van der Waals surface area contributed by atoms with Crippen LogP contribution in [-0.4, -0.2) is 21.9 Å². The van der Waals surface area contributed by atoms with Crippen molar-refractivity contribution in [3.63, 3.8) is 0 Å². The molecule has 0 saturated heterocycles. The van der Waals surface area contributed by atoms with Gasteiger partial charge in [0.25, 0.3) is 0 Å². The van der Waals surface area contributed by atoms with Crippen molar-refractivity contribution >= 4 is 0 Å². The summed E-state index contributed by atoms with van der Waals surface area (Å²) in [4.78, 5) is 0. The van der Waals surface area contributed by atoms with Crippen molar-refractivity contribution in [2.24, 2.45) is 11.8 Å². The van der Waals surface area contributed by atoms with Crippen molar-refractivity contribution in [2.45, 2.75) is 57.7 Å². The summed E-state index contributed by atoms with van der Waals surface area (Å²) < 4.78 is 35.3. The molecule has 2 aliphatic carbocycles. The second kappa shape index (κ2) is 8.52. The summed E-state index contributed by atoms with van der Waals surface area (Å²) in [5.41, 5.74) is 0.195. The van der Waals surface area contributed by atoms with E-state index in [9.17, 15) is 19.7 Å². The molecule has 0 bridgehead atoms. The van der Waals surface area contributed by atoms with Gasteiger partial charge in [0.1, 0.15) is 12.2 Å². The molecule has 6 heteroatoms. The highest BCUT2D eigenvalue weighted by molar-refractivity contribution is 5.76. The number of aliphatic hydroxyl groups is 2. The number of hydrogen-bond donors (Lipinski definition) is 3. The van der Waals surface area contributed by atoms with Gasteiger partial charge >= 0.3 is 0 Å². The second-order valence-electron chi connectivity index (χ2n) is 8.57. The molecular formula is C24H28F2O4. The largest absolute Gasteiger partial charge is 0.505 e. The first-order chi connectivity index (χ1) is 14.4. The van der Waals surface area contributed by atoms with Crippen LogP contribution in [0.4, 0.5) is 8.78 Å². The molecule has 4 rings (SSSR count). The van der Waals surface area contributed by atoms with Gasteiger partial charge in [0.05, 0.1) is 6.61 Å². The highest BCUT2D eigenvalue weighted by Gasteiger charge is 2.37. The smallest absolute Gasteiger partial charge is 0.171 e. The van der Waals surface area contributed by atoms with E-state index in [1.54, 1.807) is 6.07 Å². The average Bonchev–Trinajstić information content (AvgIpc) is 2.74. The van der Waals surface area contributed by atoms with Gasteiger partial charge in [-0.3, -0.25) is 0 Å². The van der Waals surface area contributed by atoms with Crippen LogP contribution in [0.3, 0.4) is 0 Å². The number of halogens is 2. The van der Waals surface area contributed by atoms with Crippen molar-refractivity contribution in [3.05, 3.63) is 47.0 Å². The molecule has 2 aromatic rings. The summed E-state index contributed by atoms with van der Waals surface area (Å²) in [7, 11) is 0. The fourth-order valence-electron chi connectivity index (χ4n) is 4.93. The van der Waals surface area contributed by atoms with Crippen LogP contribution >= 0.6 is 0 Å². The van der Waals surface area contributed by atoms with Crippen molar-refractivity contribution in [1.29, 1.82) is 0 Å². The number of fused-ring (bicyclic) bond motifs is 3. The van der Waals surface area contributed by atoms with Gasteiger partial charge < -0.3 is 20.1 Å². The second-order valence-corrected chi connectivity index (χ2v) is 8.57. The minimum atomic E-state index is -1.68. The van der Waals surface area contributed by atoms with E-state index < -0.39 is 29.6 Å². The maximum absolute atomic E-state index is 15.2. The van der Waals surface area contributed by atoms with E-state index in [-0.39, 0.29) is 28.0 Å². The van der Waals surface area contributed by atoms with Crippen LogP contribution in [0.5, 0.6) is 11.5 Å². The Morgan fingerprint density at radius 2 is 1.43 bits per heavy atom. The number of aliphatic hydroxyl groups excluding tert-OH is 2. The molecule has 0 aromatic heterocycles. The Morgan fingerprint density at radius 1 is 0.867 bits per heavy atom. The molecule has 0 spiro atoms. The molecule has 0 heterocycles. The van der Waals surface area contributed by atoms with E-state index in [4.69, 9.17) is 4.74 Å². The first kappa shape index (κ1) is 21.1. The lowest BCUT2D eigenvalue weighted by Gasteiger charge is -2.31. The van der Waals surface area contributed by atoms with E-state index in [1.165, 1.54) is 37.8 Å². The number of rotatable bonds is 5. The molecule has 3 N–H and O–H groups in total. The Kier molecular flexibility index (Phi) is 5.98. The molecule has 1 fully saturated rings. The van der Waals surface area contributed by atoms with Gasteiger partial charge in [-0.2, -0.15) is 0 Å². The predicted octanol–water partition coefficient (Wildman–Crippen LogP) is 5.40. The fourth-order valence-corrected chi connectivity index (χ4v) is 4.93. The minimum Gasteiger partial charge on any atom is -0.505 e. The van der Waals surface area contributed by atoms with Crippen LogP contribution in [0.2, 0.25) is 0 Å². The van der Waals surface area contributed by atoms with Crippen LogP contribution in [0.15, 0.2) is 24.3 Å². The third kappa shape index (κ3) is 3.67. The Bertz CT molecular complexity index is 922. The van der Waals surface area contributed by atoms with E-state index in [0.717, 1.165) is 24.8 Å². The van der Waals surface area contributed by atoms with Crippen molar-refractivity contribution < 1.29 is 28.8 Å². The molecular weight excluding hydrogens is 390 g/mol. The summed E-state index contributed by atoms with van der Waals surface area (Å²) >= 11 is 0. The number of benzene rings is 2. The van der Waals surface area contributed by atoms with E-state index in [1.807, 2.05) is 0 Å². The van der Waals surface area contributed by atoms with Crippen LogP contribution < -0.4 is 4.74 Å². The van der Waals surface area contributed by atoms with Gasteiger partial charge in [-0.15, -0.1) is 0 Å². The summed E-state index contributed by atoms with van der Waals surface area (Å²) in [6, 6.07) is 5.61. The molecule has 0 radical (unpaired) electrons. The zero-order valence-corrected chi connectivity index (χ0v) is 17.1. The van der Waals surface area contributed by atoms with E-state index in [0.29, 0.717) is 12.5 Å². The van der Waals surface area contributed by atoms with E-state index in [2.05, 4.69) is 6.92 Å². The monoisotopic (exact) mass is 418 g/mol. The average molecular weight is 418 g/mol. The van der Waals surface area contributed by atoms with Crippen molar-refractivity contribution in [2.75, 3.05) is 6.61 Å². The first-order valence-corrected chi connectivity index (χ1v) is 10.7. The van der Waals surface area contributed by atoms with Crippen LogP contribution in [-0.2, 0) is 0 Å². The third-order valence-electron chi connectivity index (χ3n) is 6.62. The molecule has 4 nitrogen and oxygen atoms in total. The standard InChI is InChI=1S/C24H28F2O4/c1-2-3-13-4-6-14(7-5-13)12-30-18-11-9-16-15-8-10-17(27)21(25)19(15)23(28)24(29)20(16)22(18)26/h8-11,13-14,23-24,27-29H,2-7,12H2,1H3. The molecule has 2 aromatic carbocycles. The zero-order chi connectivity index (χ0) is 21.4. The Hall–Kier alpha value is -2.18. The number of phenolic OH excluding ortho intramolecular Hbond substituents is 1. The Morgan fingerprint density at radius 3 is 2.07 bits per heavy atom. The normalized spacial score (nSPS) is 25.5. The number of hydrogen-bond acceptors (Lipinski definition) is 4. The molecule has 0 amide bonds. The molecule has 2 atom stereocenters.